The number of aliphatic carboxylic acids is 2. The zero-order valence-electron chi connectivity index (χ0n) is 11.0. The largest absolute Gasteiger partial charge is 0.491 e. The van der Waals surface area contributed by atoms with Crippen molar-refractivity contribution in [3.05, 3.63) is 29.8 Å². The molecule has 1 aromatic rings. The van der Waals surface area contributed by atoms with E-state index in [-0.39, 0.29) is 12.5 Å². The van der Waals surface area contributed by atoms with Crippen LogP contribution in [0.25, 0.3) is 0 Å². The van der Waals surface area contributed by atoms with Crippen molar-refractivity contribution in [3.63, 3.8) is 0 Å². The van der Waals surface area contributed by atoms with E-state index in [2.05, 4.69) is 0 Å². The first-order valence-electron chi connectivity index (χ1n) is 6.11. The van der Waals surface area contributed by atoms with Gasteiger partial charge in [0.05, 0.1) is 6.10 Å². The van der Waals surface area contributed by atoms with Gasteiger partial charge in [-0.05, 0) is 44.4 Å². The van der Waals surface area contributed by atoms with Gasteiger partial charge in [0.1, 0.15) is 5.75 Å². The van der Waals surface area contributed by atoms with Gasteiger partial charge < -0.3 is 14.9 Å². The fourth-order valence-electron chi connectivity index (χ4n) is 1.67. The predicted octanol–water partition coefficient (Wildman–Crippen LogP) is 2.19. The Hall–Kier alpha value is -2.04. The van der Waals surface area contributed by atoms with E-state index in [1.807, 2.05) is 26.0 Å². The number of rotatable bonds is 7. The molecule has 0 unspecified atom stereocenters. The van der Waals surface area contributed by atoms with Gasteiger partial charge in [0.2, 0.25) is 0 Å². The molecule has 0 bridgehead atoms. The summed E-state index contributed by atoms with van der Waals surface area (Å²) in [6.07, 6.45) is 0.578. The van der Waals surface area contributed by atoms with Crippen LogP contribution in [0.5, 0.6) is 5.75 Å². The number of carbonyl (C=O) groups is 2. The van der Waals surface area contributed by atoms with Crippen molar-refractivity contribution >= 4 is 11.9 Å². The molecule has 1 aromatic carbocycles. The zero-order valence-corrected chi connectivity index (χ0v) is 11.0. The maximum absolute atomic E-state index is 10.7. The van der Waals surface area contributed by atoms with Gasteiger partial charge in [0.15, 0.2) is 5.92 Å². The topological polar surface area (TPSA) is 83.8 Å². The van der Waals surface area contributed by atoms with Crippen molar-refractivity contribution in [2.75, 3.05) is 0 Å². The molecule has 5 nitrogen and oxygen atoms in total. The minimum absolute atomic E-state index is 0.0784. The van der Waals surface area contributed by atoms with Crippen LogP contribution in [-0.4, -0.2) is 28.3 Å². The van der Waals surface area contributed by atoms with Crippen molar-refractivity contribution in [1.82, 2.24) is 0 Å². The number of carboxylic acid groups (broad SMARTS) is 2. The number of benzene rings is 1. The highest BCUT2D eigenvalue weighted by Crippen LogP contribution is 2.16. The summed E-state index contributed by atoms with van der Waals surface area (Å²) in [7, 11) is 0. The van der Waals surface area contributed by atoms with Gasteiger partial charge in [-0.25, -0.2) is 0 Å². The molecule has 0 aromatic heterocycles. The fourth-order valence-corrected chi connectivity index (χ4v) is 1.67. The highest BCUT2D eigenvalue weighted by molar-refractivity contribution is 5.92. The monoisotopic (exact) mass is 266 g/mol. The molecular weight excluding hydrogens is 248 g/mol. The molecule has 0 heterocycles. The van der Waals surface area contributed by atoms with E-state index < -0.39 is 17.9 Å². The van der Waals surface area contributed by atoms with Crippen molar-refractivity contribution in [2.24, 2.45) is 5.92 Å². The van der Waals surface area contributed by atoms with Crippen molar-refractivity contribution in [1.29, 1.82) is 0 Å². The third-order valence-electron chi connectivity index (χ3n) is 2.61. The second-order valence-corrected chi connectivity index (χ2v) is 4.58. The van der Waals surface area contributed by atoms with Gasteiger partial charge in [-0.3, -0.25) is 9.59 Å². The molecule has 0 aliphatic carbocycles. The lowest BCUT2D eigenvalue weighted by atomic mass is 10.00. The second-order valence-electron chi connectivity index (χ2n) is 4.58. The average molecular weight is 266 g/mol. The molecule has 0 fully saturated rings. The molecule has 19 heavy (non-hydrogen) atoms. The first-order chi connectivity index (χ1) is 8.90. The Morgan fingerprint density at radius 1 is 1.11 bits per heavy atom. The van der Waals surface area contributed by atoms with Gasteiger partial charge in [-0.15, -0.1) is 0 Å². The number of hydrogen-bond acceptors (Lipinski definition) is 3. The third-order valence-corrected chi connectivity index (χ3v) is 2.61. The number of ether oxygens (including phenoxy) is 1. The summed E-state index contributed by atoms with van der Waals surface area (Å²) >= 11 is 0. The summed E-state index contributed by atoms with van der Waals surface area (Å²) in [5.41, 5.74) is 0.892. The Morgan fingerprint density at radius 2 is 1.63 bits per heavy atom. The molecule has 0 spiro atoms. The zero-order chi connectivity index (χ0) is 14.4. The maximum Gasteiger partial charge on any atom is 0.317 e. The van der Waals surface area contributed by atoms with E-state index in [0.717, 1.165) is 11.3 Å². The van der Waals surface area contributed by atoms with E-state index in [1.165, 1.54) is 0 Å². The molecule has 104 valence electrons. The van der Waals surface area contributed by atoms with Gasteiger partial charge >= 0.3 is 11.9 Å². The molecule has 0 amide bonds. The highest BCUT2D eigenvalue weighted by Gasteiger charge is 2.25. The summed E-state index contributed by atoms with van der Waals surface area (Å²) in [4.78, 5) is 21.5. The van der Waals surface area contributed by atoms with Crippen LogP contribution in [0.2, 0.25) is 0 Å². The van der Waals surface area contributed by atoms with Crippen LogP contribution in [0.4, 0.5) is 0 Å². The minimum atomic E-state index is -1.36. The van der Waals surface area contributed by atoms with Crippen molar-refractivity contribution in [3.8, 4) is 5.75 Å². The SMILES string of the molecule is CC(C)Oc1ccc(CCC(C(=O)O)C(=O)O)cc1. The van der Waals surface area contributed by atoms with Gasteiger partial charge in [0.25, 0.3) is 0 Å². The molecule has 0 aliphatic rings. The van der Waals surface area contributed by atoms with Crippen molar-refractivity contribution in [2.45, 2.75) is 32.8 Å². The lowest BCUT2D eigenvalue weighted by Gasteiger charge is -2.11. The third kappa shape index (κ3) is 4.99. The Bertz CT molecular complexity index is 422. The Balaban J connectivity index is 2.58. The van der Waals surface area contributed by atoms with Crippen LogP contribution in [-0.2, 0) is 16.0 Å². The minimum Gasteiger partial charge on any atom is -0.491 e. The fraction of sp³-hybridized carbons (Fsp3) is 0.429. The average Bonchev–Trinajstić information content (AvgIpc) is 2.29. The number of hydrogen-bond donors (Lipinski definition) is 2. The van der Waals surface area contributed by atoms with E-state index in [4.69, 9.17) is 14.9 Å². The van der Waals surface area contributed by atoms with Crippen LogP contribution in [0.3, 0.4) is 0 Å². The van der Waals surface area contributed by atoms with Crippen LogP contribution < -0.4 is 4.74 Å². The van der Waals surface area contributed by atoms with Crippen LogP contribution >= 0.6 is 0 Å². The van der Waals surface area contributed by atoms with E-state index in [1.54, 1.807) is 12.1 Å². The molecule has 2 N–H and O–H groups in total. The normalized spacial score (nSPS) is 10.7. The Labute approximate surface area is 111 Å². The molecule has 0 saturated carbocycles. The molecule has 0 aliphatic heterocycles. The standard InChI is InChI=1S/C14H18O5/c1-9(2)19-11-6-3-10(4-7-11)5-8-12(13(15)16)14(17)18/h3-4,6-7,9,12H,5,8H2,1-2H3,(H,15,16)(H,17,18). The summed E-state index contributed by atoms with van der Waals surface area (Å²) in [6.45, 7) is 3.86. The van der Waals surface area contributed by atoms with Crippen LogP contribution in [0.1, 0.15) is 25.8 Å². The molecule has 5 heteroatoms. The van der Waals surface area contributed by atoms with E-state index in [9.17, 15) is 9.59 Å². The Kier molecular flexibility index (Phi) is 5.36. The van der Waals surface area contributed by atoms with Gasteiger partial charge in [0, 0.05) is 0 Å². The van der Waals surface area contributed by atoms with E-state index in [0.29, 0.717) is 6.42 Å². The summed E-state index contributed by atoms with van der Waals surface area (Å²) in [5, 5.41) is 17.5. The van der Waals surface area contributed by atoms with Gasteiger partial charge in [-0.2, -0.15) is 0 Å². The lowest BCUT2D eigenvalue weighted by Crippen LogP contribution is -2.23. The first-order valence-corrected chi connectivity index (χ1v) is 6.11. The molecular formula is C14H18O5. The van der Waals surface area contributed by atoms with Crippen molar-refractivity contribution < 1.29 is 24.5 Å². The quantitative estimate of drug-likeness (QED) is 0.739. The maximum atomic E-state index is 10.7. The highest BCUT2D eigenvalue weighted by atomic mass is 16.5. The summed E-state index contributed by atoms with van der Waals surface area (Å²) in [5.74, 6) is -3.21. The molecule has 0 atom stereocenters. The smallest absolute Gasteiger partial charge is 0.317 e. The molecule has 0 saturated heterocycles. The van der Waals surface area contributed by atoms with Crippen LogP contribution in [0, 0.1) is 5.92 Å². The summed E-state index contributed by atoms with van der Waals surface area (Å²) in [6, 6.07) is 7.23. The predicted molar refractivity (Wildman–Crippen MR) is 69.3 cm³/mol. The first kappa shape index (κ1) is 15.0. The molecule has 1 rings (SSSR count). The number of carboxylic acids is 2. The van der Waals surface area contributed by atoms with E-state index >= 15 is 0 Å². The number of aryl methyl sites for hydroxylation is 1. The Morgan fingerprint density at radius 3 is 2.05 bits per heavy atom. The summed E-state index contributed by atoms with van der Waals surface area (Å²) < 4.78 is 5.48. The second kappa shape index (κ2) is 6.78. The lowest BCUT2D eigenvalue weighted by molar-refractivity contribution is -0.154. The van der Waals surface area contributed by atoms with Gasteiger partial charge in [-0.1, -0.05) is 12.1 Å². The van der Waals surface area contributed by atoms with Crippen LogP contribution in [0.15, 0.2) is 24.3 Å². The molecule has 0 radical (unpaired) electrons.